The summed E-state index contributed by atoms with van der Waals surface area (Å²) >= 11 is 1.48. The Kier molecular flexibility index (Phi) is 4.03. The number of furan rings is 1. The van der Waals surface area contributed by atoms with Crippen LogP contribution in [-0.4, -0.2) is 31.9 Å². The minimum atomic E-state index is 0.580. The van der Waals surface area contributed by atoms with E-state index in [0.717, 1.165) is 38.5 Å². The second kappa shape index (κ2) is 7.03. The van der Waals surface area contributed by atoms with E-state index in [-0.39, 0.29) is 0 Å². The molecule has 0 unspecified atom stereocenters. The van der Waals surface area contributed by atoms with Crippen LogP contribution in [0.4, 0.5) is 0 Å². The molecule has 0 radical (unpaired) electrons. The molecule has 0 bridgehead atoms. The van der Waals surface area contributed by atoms with Crippen LogP contribution in [0.3, 0.4) is 0 Å². The van der Waals surface area contributed by atoms with Gasteiger partial charge < -0.3 is 9.15 Å². The molecule has 0 atom stereocenters. The second-order valence-electron chi connectivity index (χ2n) is 6.90. The van der Waals surface area contributed by atoms with Crippen LogP contribution in [0, 0.1) is 0 Å². The Balaban J connectivity index is 1.55. The molecular weight excluding hydrogens is 410 g/mol. The lowest BCUT2D eigenvalue weighted by Gasteiger charge is -2.08. The fourth-order valence-corrected chi connectivity index (χ4v) is 4.42. The summed E-state index contributed by atoms with van der Waals surface area (Å²) in [6.07, 6.45) is 1.61. The predicted octanol–water partition coefficient (Wildman–Crippen LogP) is 5.34. The van der Waals surface area contributed by atoms with E-state index in [2.05, 4.69) is 22.3 Å². The van der Waals surface area contributed by atoms with Gasteiger partial charge in [-0.25, -0.2) is 4.98 Å². The summed E-state index contributed by atoms with van der Waals surface area (Å²) in [5, 5.41) is 15.2. The van der Waals surface area contributed by atoms with E-state index >= 15 is 0 Å². The lowest BCUT2D eigenvalue weighted by atomic mass is 10.0. The summed E-state index contributed by atoms with van der Waals surface area (Å²) in [7, 11) is 1.66. The summed E-state index contributed by atoms with van der Waals surface area (Å²) in [6, 6.07) is 21.7. The lowest BCUT2D eigenvalue weighted by molar-refractivity contribution is 0.415. The van der Waals surface area contributed by atoms with E-state index in [1.165, 1.54) is 11.3 Å². The summed E-state index contributed by atoms with van der Waals surface area (Å²) in [4.78, 5) is 5.58. The number of hydrogen-bond donors (Lipinski definition) is 0. The molecule has 31 heavy (non-hydrogen) atoms. The van der Waals surface area contributed by atoms with E-state index in [0.29, 0.717) is 16.5 Å². The van der Waals surface area contributed by atoms with Gasteiger partial charge in [0.1, 0.15) is 10.8 Å². The number of nitrogens with zero attached hydrogens (tertiary/aromatic N) is 5. The van der Waals surface area contributed by atoms with Gasteiger partial charge in [0.05, 0.1) is 24.6 Å². The topological polar surface area (TPSA) is 78.3 Å². The van der Waals surface area contributed by atoms with E-state index in [1.807, 2.05) is 54.6 Å². The highest BCUT2D eigenvalue weighted by Crippen LogP contribution is 2.35. The van der Waals surface area contributed by atoms with Gasteiger partial charge in [-0.2, -0.15) is 9.61 Å². The van der Waals surface area contributed by atoms with Crippen LogP contribution in [0.25, 0.3) is 49.3 Å². The van der Waals surface area contributed by atoms with Crippen molar-refractivity contribution in [3.8, 4) is 39.2 Å². The average Bonchev–Trinajstić information content (AvgIpc) is 3.56. The smallest absolute Gasteiger partial charge is 0.235 e. The molecule has 4 heterocycles. The Hall–Kier alpha value is -4.04. The van der Waals surface area contributed by atoms with Crippen molar-refractivity contribution in [2.45, 2.75) is 0 Å². The predicted molar refractivity (Wildman–Crippen MR) is 119 cm³/mol. The van der Waals surface area contributed by atoms with Crippen molar-refractivity contribution in [2.75, 3.05) is 7.11 Å². The fourth-order valence-electron chi connectivity index (χ4n) is 3.55. The monoisotopic (exact) mass is 425 g/mol. The first-order valence-electron chi connectivity index (χ1n) is 9.61. The molecule has 0 saturated carbocycles. The standard InChI is InChI=1S/C23H15N5O2S/c1-29-15-10-8-14(9-11-15)19-13-17(16-5-2-3-6-18(16)24-19)22-27-28-21(20-7-4-12-30-20)25-26-23(28)31-22/h2-13H,1H3. The first-order chi connectivity index (χ1) is 15.3. The molecule has 2 aromatic carbocycles. The number of para-hydroxylation sites is 1. The number of ether oxygens (including phenoxy) is 1. The first-order valence-corrected chi connectivity index (χ1v) is 10.4. The number of methoxy groups -OCH3 is 1. The summed E-state index contributed by atoms with van der Waals surface area (Å²) < 4.78 is 12.5. The Morgan fingerprint density at radius 3 is 2.65 bits per heavy atom. The van der Waals surface area contributed by atoms with Gasteiger partial charge in [0.25, 0.3) is 0 Å². The van der Waals surface area contributed by atoms with Gasteiger partial charge in [-0.1, -0.05) is 29.5 Å². The zero-order valence-electron chi connectivity index (χ0n) is 16.4. The Morgan fingerprint density at radius 2 is 1.84 bits per heavy atom. The molecule has 7 nitrogen and oxygen atoms in total. The fraction of sp³-hybridized carbons (Fsp3) is 0.0435. The third kappa shape index (κ3) is 2.96. The number of rotatable bonds is 4. The normalized spacial score (nSPS) is 11.4. The van der Waals surface area contributed by atoms with E-state index in [1.54, 1.807) is 17.9 Å². The Bertz CT molecular complexity index is 1520. The van der Waals surface area contributed by atoms with Gasteiger partial charge in [0, 0.05) is 16.5 Å². The van der Waals surface area contributed by atoms with E-state index < -0.39 is 0 Å². The maximum atomic E-state index is 5.49. The average molecular weight is 425 g/mol. The molecule has 150 valence electrons. The van der Waals surface area contributed by atoms with Gasteiger partial charge in [0.15, 0.2) is 5.76 Å². The maximum Gasteiger partial charge on any atom is 0.235 e. The largest absolute Gasteiger partial charge is 0.497 e. The molecule has 0 aliphatic heterocycles. The Morgan fingerprint density at radius 1 is 0.968 bits per heavy atom. The molecule has 0 amide bonds. The van der Waals surface area contributed by atoms with E-state index in [9.17, 15) is 0 Å². The van der Waals surface area contributed by atoms with Gasteiger partial charge in [0.2, 0.25) is 10.8 Å². The van der Waals surface area contributed by atoms with Crippen molar-refractivity contribution in [1.82, 2.24) is 24.8 Å². The minimum Gasteiger partial charge on any atom is -0.497 e. The first kappa shape index (κ1) is 17.8. The van der Waals surface area contributed by atoms with Crippen LogP contribution in [0.5, 0.6) is 5.75 Å². The lowest BCUT2D eigenvalue weighted by Crippen LogP contribution is -1.92. The molecule has 4 aromatic heterocycles. The number of fused-ring (bicyclic) bond motifs is 2. The van der Waals surface area contributed by atoms with Gasteiger partial charge in [-0.05, 0) is 48.5 Å². The van der Waals surface area contributed by atoms with Crippen LogP contribution < -0.4 is 4.74 Å². The molecule has 6 aromatic rings. The van der Waals surface area contributed by atoms with Crippen molar-refractivity contribution in [3.05, 3.63) is 73.0 Å². The van der Waals surface area contributed by atoms with Gasteiger partial charge >= 0.3 is 0 Å². The molecule has 6 rings (SSSR count). The molecule has 0 aliphatic carbocycles. The highest BCUT2D eigenvalue weighted by atomic mass is 32.1. The van der Waals surface area contributed by atoms with Crippen LogP contribution in [0.2, 0.25) is 0 Å². The van der Waals surface area contributed by atoms with Gasteiger partial charge in [-0.3, -0.25) is 0 Å². The Labute approximate surface area is 180 Å². The molecule has 0 N–H and O–H groups in total. The van der Waals surface area contributed by atoms with Crippen molar-refractivity contribution in [1.29, 1.82) is 0 Å². The maximum absolute atomic E-state index is 5.49. The molecule has 0 saturated heterocycles. The number of aromatic nitrogens is 5. The number of benzene rings is 2. The van der Waals surface area contributed by atoms with Crippen LogP contribution in [0.1, 0.15) is 0 Å². The van der Waals surface area contributed by atoms with Crippen LogP contribution >= 0.6 is 11.3 Å². The molecule has 8 heteroatoms. The highest BCUT2D eigenvalue weighted by Gasteiger charge is 2.18. The number of pyridine rings is 1. The third-order valence-corrected chi connectivity index (χ3v) is 6.00. The van der Waals surface area contributed by atoms with Gasteiger partial charge in [-0.15, -0.1) is 10.2 Å². The minimum absolute atomic E-state index is 0.580. The van der Waals surface area contributed by atoms with Crippen molar-refractivity contribution in [2.24, 2.45) is 0 Å². The third-order valence-electron chi connectivity index (χ3n) is 5.06. The van der Waals surface area contributed by atoms with Crippen LogP contribution in [0.15, 0.2) is 77.4 Å². The summed E-state index contributed by atoms with van der Waals surface area (Å²) in [5.74, 6) is 2.02. The highest BCUT2D eigenvalue weighted by molar-refractivity contribution is 7.20. The molecular formula is C23H15N5O2S. The SMILES string of the molecule is COc1ccc(-c2cc(-c3nn4c(-c5ccco5)nnc4s3)c3ccccc3n2)cc1. The summed E-state index contributed by atoms with van der Waals surface area (Å²) in [6.45, 7) is 0. The molecule has 0 spiro atoms. The van der Waals surface area contributed by atoms with Crippen molar-refractivity contribution >= 4 is 27.2 Å². The molecule has 0 aliphatic rings. The quantitative estimate of drug-likeness (QED) is 0.380. The van der Waals surface area contributed by atoms with Crippen molar-refractivity contribution in [3.63, 3.8) is 0 Å². The zero-order chi connectivity index (χ0) is 20.8. The van der Waals surface area contributed by atoms with Crippen LogP contribution in [-0.2, 0) is 0 Å². The molecule has 0 fully saturated rings. The zero-order valence-corrected chi connectivity index (χ0v) is 17.2. The van der Waals surface area contributed by atoms with Crippen molar-refractivity contribution < 1.29 is 9.15 Å². The summed E-state index contributed by atoms with van der Waals surface area (Å²) in [5.41, 5.74) is 3.78. The second-order valence-corrected chi connectivity index (χ2v) is 7.86. The number of hydrogen-bond acceptors (Lipinski definition) is 7. The van der Waals surface area contributed by atoms with E-state index in [4.69, 9.17) is 19.2 Å².